The molecule has 1 saturated heterocycles. The minimum atomic E-state index is -0.272. The summed E-state index contributed by atoms with van der Waals surface area (Å²) in [5.74, 6) is 0.137. The fourth-order valence-electron chi connectivity index (χ4n) is 3.14. The molecule has 25 heavy (non-hydrogen) atoms. The average Bonchev–Trinajstić information content (AvgIpc) is 2.67. The predicted molar refractivity (Wildman–Crippen MR) is 98.4 cm³/mol. The van der Waals surface area contributed by atoms with E-state index >= 15 is 0 Å². The molecule has 1 aliphatic rings. The van der Waals surface area contributed by atoms with Gasteiger partial charge in [0.25, 0.3) is 0 Å². The largest absolute Gasteiger partial charge is 0.445 e. The van der Waals surface area contributed by atoms with Gasteiger partial charge in [-0.1, -0.05) is 36.4 Å². The summed E-state index contributed by atoms with van der Waals surface area (Å²) in [6, 6.07) is 15.1. The summed E-state index contributed by atoms with van der Waals surface area (Å²) in [6.07, 6.45) is 3.26. The van der Waals surface area contributed by atoms with Crippen molar-refractivity contribution in [1.82, 2.24) is 4.90 Å². The highest BCUT2D eigenvalue weighted by Crippen LogP contribution is 2.31. The monoisotopic (exact) mass is 359 g/mol. The molecule has 2 aromatic rings. The first-order chi connectivity index (χ1) is 12.2. The lowest BCUT2D eigenvalue weighted by molar-refractivity contribution is 0.0870. The Balaban J connectivity index is 1.51. The van der Waals surface area contributed by atoms with Crippen LogP contribution in [0.25, 0.3) is 0 Å². The standard InChI is InChI=1S/C20H22FNO2S/c1-25-19-8-7-17(13-18(19)21)16-9-11-22(12-10-16)20(23)24-14-15-5-3-2-4-6-15/h2-8,13,16H,9-12,14H2,1H3. The Hall–Kier alpha value is -2.01. The average molecular weight is 359 g/mol. The highest BCUT2D eigenvalue weighted by molar-refractivity contribution is 7.98. The summed E-state index contributed by atoms with van der Waals surface area (Å²) in [6.45, 7) is 1.58. The molecule has 0 N–H and O–H groups in total. The molecule has 5 heteroatoms. The molecule has 0 aromatic heterocycles. The van der Waals surface area contributed by atoms with Gasteiger partial charge >= 0.3 is 6.09 Å². The summed E-state index contributed by atoms with van der Waals surface area (Å²) in [5, 5.41) is 0. The van der Waals surface area contributed by atoms with Crippen LogP contribution in [0.5, 0.6) is 0 Å². The van der Waals surface area contributed by atoms with Crippen LogP contribution in [0.15, 0.2) is 53.4 Å². The maximum Gasteiger partial charge on any atom is 0.410 e. The number of carbonyl (C=O) groups is 1. The van der Waals surface area contributed by atoms with E-state index in [1.165, 1.54) is 11.8 Å². The Kier molecular flexibility index (Phi) is 5.97. The molecule has 3 nitrogen and oxygen atoms in total. The van der Waals surface area contributed by atoms with E-state index in [1.807, 2.05) is 48.7 Å². The van der Waals surface area contributed by atoms with Gasteiger partial charge in [-0.3, -0.25) is 0 Å². The van der Waals surface area contributed by atoms with E-state index in [1.54, 1.807) is 11.0 Å². The van der Waals surface area contributed by atoms with Gasteiger partial charge in [0.2, 0.25) is 0 Å². The van der Waals surface area contributed by atoms with Gasteiger partial charge in [-0.15, -0.1) is 11.8 Å². The van der Waals surface area contributed by atoms with Gasteiger partial charge in [-0.2, -0.15) is 0 Å². The minimum Gasteiger partial charge on any atom is -0.445 e. The zero-order valence-corrected chi connectivity index (χ0v) is 15.1. The third-order valence-corrected chi connectivity index (χ3v) is 5.38. The van der Waals surface area contributed by atoms with Gasteiger partial charge in [-0.05, 0) is 48.3 Å². The number of benzene rings is 2. The number of hydrogen-bond donors (Lipinski definition) is 0. The molecule has 1 heterocycles. The second kappa shape index (κ2) is 8.39. The number of nitrogens with zero attached hydrogens (tertiary/aromatic N) is 1. The van der Waals surface area contributed by atoms with Crippen LogP contribution in [-0.4, -0.2) is 30.3 Å². The molecule has 0 bridgehead atoms. The lowest BCUT2D eigenvalue weighted by Crippen LogP contribution is -2.38. The van der Waals surface area contributed by atoms with Crippen molar-refractivity contribution in [3.8, 4) is 0 Å². The van der Waals surface area contributed by atoms with E-state index in [0.717, 1.165) is 24.0 Å². The molecule has 132 valence electrons. The first-order valence-electron chi connectivity index (χ1n) is 8.46. The van der Waals surface area contributed by atoms with E-state index in [9.17, 15) is 9.18 Å². The molecule has 1 aliphatic heterocycles. The Labute approximate surface area is 152 Å². The zero-order chi connectivity index (χ0) is 17.6. The van der Waals surface area contributed by atoms with Crippen molar-refractivity contribution in [1.29, 1.82) is 0 Å². The van der Waals surface area contributed by atoms with E-state index in [-0.39, 0.29) is 11.9 Å². The summed E-state index contributed by atoms with van der Waals surface area (Å²) in [7, 11) is 0. The van der Waals surface area contributed by atoms with Crippen LogP contribution in [0.4, 0.5) is 9.18 Å². The number of amides is 1. The third-order valence-electron chi connectivity index (χ3n) is 4.61. The van der Waals surface area contributed by atoms with Crippen LogP contribution < -0.4 is 0 Å². The second-order valence-electron chi connectivity index (χ2n) is 6.20. The molecule has 0 aliphatic carbocycles. The fraction of sp³-hybridized carbons (Fsp3) is 0.350. The highest BCUT2D eigenvalue weighted by Gasteiger charge is 2.25. The summed E-state index contributed by atoms with van der Waals surface area (Å²) in [4.78, 5) is 14.6. The Morgan fingerprint density at radius 1 is 1.20 bits per heavy atom. The van der Waals surface area contributed by atoms with Gasteiger partial charge in [0.1, 0.15) is 12.4 Å². The van der Waals surface area contributed by atoms with E-state index in [2.05, 4.69) is 0 Å². The van der Waals surface area contributed by atoms with Gasteiger partial charge in [0.15, 0.2) is 0 Å². The number of piperidine rings is 1. The fourth-order valence-corrected chi connectivity index (χ4v) is 3.60. The molecule has 1 amide bonds. The zero-order valence-electron chi connectivity index (χ0n) is 14.3. The number of carbonyl (C=O) groups excluding carboxylic acids is 1. The molecule has 0 spiro atoms. The lowest BCUT2D eigenvalue weighted by Gasteiger charge is -2.31. The Bertz CT molecular complexity index is 715. The maximum absolute atomic E-state index is 14.0. The highest BCUT2D eigenvalue weighted by atomic mass is 32.2. The van der Waals surface area contributed by atoms with Crippen LogP contribution in [0.1, 0.15) is 29.9 Å². The molecule has 0 atom stereocenters. The van der Waals surface area contributed by atoms with Crippen molar-refractivity contribution in [3.05, 3.63) is 65.5 Å². The predicted octanol–water partition coefficient (Wildman–Crippen LogP) is 5.06. The second-order valence-corrected chi connectivity index (χ2v) is 7.04. The van der Waals surface area contributed by atoms with Crippen LogP contribution in [-0.2, 0) is 11.3 Å². The molecule has 0 radical (unpaired) electrons. The number of likely N-dealkylation sites (tertiary alicyclic amines) is 1. The summed E-state index contributed by atoms with van der Waals surface area (Å²) >= 11 is 1.41. The molecule has 0 unspecified atom stereocenters. The topological polar surface area (TPSA) is 29.5 Å². The van der Waals surface area contributed by atoms with Gasteiger partial charge in [0, 0.05) is 18.0 Å². The SMILES string of the molecule is CSc1ccc(C2CCN(C(=O)OCc3ccccc3)CC2)cc1F. The van der Waals surface area contributed by atoms with E-state index in [4.69, 9.17) is 4.74 Å². The van der Waals surface area contributed by atoms with Crippen LogP contribution in [0.2, 0.25) is 0 Å². The summed E-state index contributed by atoms with van der Waals surface area (Å²) in [5.41, 5.74) is 2.00. The van der Waals surface area contributed by atoms with Crippen molar-refractivity contribution in [2.45, 2.75) is 30.3 Å². The molecule has 2 aromatic carbocycles. The van der Waals surface area contributed by atoms with Crippen LogP contribution in [0, 0.1) is 5.82 Å². The maximum atomic E-state index is 14.0. The number of halogens is 1. The number of thioether (sulfide) groups is 1. The molecule has 0 saturated carbocycles. The minimum absolute atomic E-state index is 0.158. The Morgan fingerprint density at radius 2 is 1.92 bits per heavy atom. The molecular weight excluding hydrogens is 337 g/mol. The number of ether oxygens (including phenoxy) is 1. The summed E-state index contributed by atoms with van der Waals surface area (Å²) < 4.78 is 19.3. The van der Waals surface area contributed by atoms with Crippen molar-refractivity contribution in [3.63, 3.8) is 0 Å². The number of rotatable bonds is 4. The van der Waals surface area contributed by atoms with Crippen LogP contribution >= 0.6 is 11.8 Å². The first-order valence-corrected chi connectivity index (χ1v) is 9.69. The Morgan fingerprint density at radius 3 is 2.56 bits per heavy atom. The quantitative estimate of drug-likeness (QED) is 0.714. The van der Waals surface area contributed by atoms with Gasteiger partial charge < -0.3 is 9.64 Å². The number of hydrogen-bond acceptors (Lipinski definition) is 3. The third kappa shape index (κ3) is 4.54. The van der Waals surface area contributed by atoms with E-state index in [0.29, 0.717) is 30.5 Å². The normalized spacial score (nSPS) is 15.2. The molecular formula is C20H22FNO2S. The van der Waals surface area contributed by atoms with Crippen molar-refractivity contribution < 1.29 is 13.9 Å². The van der Waals surface area contributed by atoms with Crippen molar-refractivity contribution >= 4 is 17.9 Å². The molecule has 1 fully saturated rings. The van der Waals surface area contributed by atoms with Gasteiger partial charge in [-0.25, -0.2) is 9.18 Å². The smallest absolute Gasteiger partial charge is 0.410 e. The van der Waals surface area contributed by atoms with Gasteiger partial charge in [0.05, 0.1) is 0 Å². The van der Waals surface area contributed by atoms with Crippen molar-refractivity contribution in [2.75, 3.05) is 19.3 Å². The molecule has 3 rings (SSSR count). The van der Waals surface area contributed by atoms with E-state index < -0.39 is 0 Å². The van der Waals surface area contributed by atoms with Crippen LogP contribution in [0.3, 0.4) is 0 Å². The van der Waals surface area contributed by atoms with Crippen molar-refractivity contribution in [2.24, 2.45) is 0 Å². The first kappa shape index (κ1) is 17.8. The lowest BCUT2D eigenvalue weighted by atomic mass is 9.89.